The van der Waals surface area contributed by atoms with Gasteiger partial charge in [-0.2, -0.15) is 0 Å². The minimum absolute atomic E-state index is 0.169. The van der Waals surface area contributed by atoms with Crippen molar-refractivity contribution >= 4 is 28.2 Å². The molecule has 0 aliphatic carbocycles. The SMILES string of the molecule is CCNc1ncc(F)cc1C(=O)Nc1nc(CC)c(C)s1. The molecule has 2 aromatic heterocycles. The van der Waals surface area contributed by atoms with Crippen LogP contribution in [-0.2, 0) is 6.42 Å². The highest BCUT2D eigenvalue weighted by Crippen LogP contribution is 2.24. The first kappa shape index (κ1) is 15.4. The number of carbonyl (C=O) groups is 1. The van der Waals surface area contributed by atoms with Gasteiger partial charge in [0, 0.05) is 11.4 Å². The molecule has 0 aliphatic rings. The van der Waals surface area contributed by atoms with E-state index in [4.69, 9.17) is 0 Å². The van der Waals surface area contributed by atoms with Crippen LogP contribution in [0.2, 0.25) is 0 Å². The van der Waals surface area contributed by atoms with Gasteiger partial charge in [-0.15, -0.1) is 11.3 Å². The molecule has 0 saturated carbocycles. The molecule has 0 aromatic carbocycles. The van der Waals surface area contributed by atoms with E-state index >= 15 is 0 Å². The number of aryl methyl sites for hydroxylation is 2. The Labute approximate surface area is 126 Å². The Bertz CT molecular complexity index is 656. The number of nitrogens with one attached hydrogen (secondary N) is 2. The third kappa shape index (κ3) is 3.55. The molecule has 0 saturated heterocycles. The van der Waals surface area contributed by atoms with Gasteiger partial charge in [-0.1, -0.05) is 6.92 Å². The highest BCUT2D eigenvalue weighted by atomic mass is 32.1. The van der Waals surface area contributed by atoms with Crippen molar-refractivity contribution in [3.05, 3.63) is 34.2 Å². The van der Waals surface area contributed by atoms with E-state index in [2.05, 4.69) is 20.6 Å². The molecule has 2 heterocycles. The summed E-state index contributed by atoms with van der Waals surface area (Å²) in [5.74, 6) is -0.610. The van der Waals surface area contributed by atoms with Crippen LogP contribution in [-0.4, -0.2) is 22.4 Å². The first-order valence-electron chi connectivity index (χ1n) is 6.72. The van der Waals surface area contributed by atoms with E-state index in [1.165, 1.54) is 17.4 Å². The molecule has 1 amide bonds. The average Bonchev–Trinajstić information content (AvgIpc) is 2.80. The summed E-state index contributed by atoms with van der Waals surface area (Å²) < 4.78 is 13.3. The third-order valence-corrected chi connectivity index (χ3v) is 3.82. The van der Waals surface area contributed by atoms with Crippen molar-refractivity contribution in [1.29, 1.82) is 0 Å². The number of hydrogen-bond donors (Lipinski definition) is 2. The molecular formula is C14H17FN4OS. The second-order valence-electron chi connectivity index (χ2n) is 4.41. The van der Waals surface area contributed by atoms with E-state index in [0.29, 0.717) is 17.5 Å². The molecule has 0 spiro atoms. The average molecular weight is 308 g/mol. The van der Waals surface area contributed by atoms with Crippen molar-refractivity contribution < 1.29 is 9.18 Å². The van der Waals surface area contributed by atoms with Crippen molar-refractivity contribution in [1.82, 2.24) is 9.97 Å². The molecule has 2 rings (SSSR count). The molecule has 2 N–H and O–H groups in total. The van der Waals surface area contributed by atoms with Gasteiger partial charge in [-0.3, -0.25) is 10.1 Å². The van der Waals surface area contributed by atoms with Crippen LogP contribution in [0.5, 0.6) is 0 Å². The maximum absolute atomic E-state index is 13.3. The second-order valence-corrected chi connectivity index (χ2v) is 5.61. The highest BCUT2D eigenvalue weighted by molar-refractivity contribution is 7.15. The third-order valence-electron chi connectivity index (χ3n) is 2.89. The molecule has 5 nitrogen and oxygen atoms in total. The van der Waals surface area contributed by atoms with E-state index in [0.717, 1.165) is 23.2 Å². The maximum Gasteiger partial charge on any atom is 0.261 e. The van der Waals surface area contributed by atoms with E-state index in [1.54, 1.807) is 0 Å². The predicted molar refractivity (Wildman–Crippen MR) is 82.5 cm³/mol. The summed E-state index contributed by atoms with van der Waals surface area (Å²) in [5, 5.41) is 6.16. The van der Waals surface area contributed by atoms with Crippen LogP contribution < -0.4 is 10.6 Å². The summed E-state index contributed by atoms with van der Waals surface area (Å²) in [5.41, 5.74) is 1.13. The lowest BCUT2D eigenvalue weighted by Gasteiger charge is -2.08. The van der Waals surface area contributed by atoms with E-state index in [-0.39, 0.29) is 5.56 Å². The van der Waals surface area contributed by atoms with Crippen molar-refractivity contribution in [2.45, 2.75) is 27.2 Å². The first-order chi connectivity index (χ1) is 10.0. The van der Waals surface area contributed by atoms with Crippen LogP contribution in [0.3, 0.4) is 0 Å². The van der Waals surface area contributed by atoms with Gasteiger partial charge in [0.05, 0.1) is 17.5 Å². The second kappa shape index (κ2) is 6.62. The molecule has 0 aliphatic heterocycles. The number of amides is 1. The zero-order chi connectivity index (χ0) is 15.4. The normalized spacial score (nSPS) is 10.5. The van der Waals surface area contributed by atoms with Gasteiger partial charge in [0.25, 0.3) is 5.91 Å². The van der Waals surface area contributed by atoms with Crippen LogP contribution in [0.15, 0.2) is 12.3 Å². The van der Waals surface area contributed by atoms with Crippen LogP contribution in [0.1, 0.15) is 34.8 Å². The fraction of sp³-hybridized carbons (Fsp3) is 0.357. The van der Waals surface area contributed by atoms with Gasteiger partial charge in [0.15, 0.2) is 5.13 Å². The van der Waals surface area contributed by atoms with Crippen LogP contribution in [0.4, 0.5) is 15.3 Å². The fourth-order valence-corrected chi connectivity index (χ4v) is 2.79. The number of hydrogen-bond acceptors (Lipinski definition) is 5. The predicted octanol–water partition coefficient (Wildman–Crippen LogP) is 3.23. The van der Waals surface area contributed by atoms with Gasteiger partial charge in [0.1, 0.15) is 11.6 Å². The van der Waals surface area contributed by atoms with Gasteiger partial charge in [0.2, 0.25) is 0 Å². The molecule has 112 valence electrons. The summed E-state index contributed by atoms with van der Waals surface area (Å²) in [6.45, 7) is 6.44. The first-order valence-corrected chi connectivity index (χ1v) is 7.53. The molecule has 0 bridgehead atoms. The molecule has 0 radical (unpaired) electrons. The number of rotatable bonds is 5. The monoisotopic (exact) mass is 308 g/mol. The van der Waals surface area contributed by atoms with E-state index < -0.39 is 11.7 Å². The lowest BCUT2D eigenvalue weighted by molar-refractivity contribution is 0.102. The quantitative estimate of drug-likeness (QED) is 0.890. The minimum Gasteiger partial charge on any atom is -0.370 e. The van der Waals surface area contributed by atoms with Gasteiger partial charge >= 0.3 is 0 Å². The van der Waals surface area contributed by atoms with E-state index in [9.17, 15) is 9.18 Å². The summed E-state index contributed by atoms with van der Waals surface area (Å²) in [4.78, 5) is 21.6. The number of nitrogens with zero attached hydrogens (tertiary/aromatic N) is 2. The zero-order valence-electron chi connectivity index (χ0n) is 12.2. The standard InChI is InChI=1S/C14H17FN4OS/c1-4-11-8(3)21-14(18-11)19-13(20)10-6-9(15)7-17-12(10)16-5-2/h6-7H,4-5H2,1-3H3,(H,16,17)(H,18,19,20). The molecular weight excluding hydrogens is 291 g/mol. The summed E-state index contributed by atoms with van der Waals surface area (Å²) in [6, 6.07) is 1.17. The fourth-order valence-electron chi connectivity index (χ4n) is 1.89. The number of aromatic nitrogens is 2. The Morgan fingerprint density at radius 2 is 2.19 bits per heavy atom. The Hall–Kier alpha value is -2.02. The lowest BCUT2D eigenvalue weighted by atomic mass is 10.2. The summed E-state index contributed by atoms with van der Waals surface area (Å²) >= 11 is 1.41. The summed E-state index contributed by atoms with van der Waals surface area (Å²) in [6.07, 6.45) is 1.89. The highest BCUT2D eigenvalue weighted by Gasteiger charge is 2.16. The maximum atomic E-state index is 13.3. The molecule has 21 heavy (non-hydrogen) atoms. The Morgan fingerprint density at radius 3 is 2.81 bits per heavy atom. The molecule has 0 fully saturated rings. The largest absolute Gasteiger partial charge is 0.370 e. The van der Waals surface area contributed by atoms with Gasteiger partial charge in [-0.25, -0.2) is 14.4 Å². The number of thiazole rings is 1. The van der Waals surface area contributed by atoms with E-state index in [1.807, 2.05) is 20.8 Å². The number of pyridine rings is 1. The van der Waals surface area contributed by atoms with Crippen molar-refractivity contribution in [2.24, 2.45) is 0 Å². The number of carbonyl (C=O) groups excluding carboxylic acids is 1. The minimum atomic E-state index is -0.550. The Kier molecular flexibility index (Phi) is 4.85. The van der Waals surface area contributed by atoms with Gasteiger partial charge < -0.3 is 5.32 Å². The topological polar surface area (TPSA) is 66.9 Å². The zero-order valence-corrected chi connectivity index (χ0v) is 13.0. The molecule has 7 heteroatoms. The Morgan fingerprint density at radius 1 is 1.43 bits per heavy atom. The smallest absolute Gasteiger partial charge is 0.261 e. The molecule has 2 aromatic rings. The molecule has 0 atom stereocenters. The van der Waals surface area contributed by atoms with Gasteiger partial charge in [-0.05, 0) is 26.3 Å². The van der Waals surface area contributed by atoms with Crippen LogP contribution in [0.25, 0.3) is 0 Å². The van der Waals surface area contributed by atoms with Crippen LogP contribution >= 0.6 is 11.3 Å². The van der Waals surface area contributed by atoms with Crippen molar-refractivity contribution in [3.63, 3.8) is 0 Å². The lowest BCUT2D eigenvalue weighted by Crippen LogP contribution is -2.16. The van der Waals surface area contributed by atoms with Crippen molar-refractivity contribution in [3.8, 4) is 0 Å². The number of anilines is 2. The number of halogens is 1. The Balaban J connectivity index is 2.24. The summed E-state index contributed by atoms with van der Waals surface area (Å²) in [7, 11) is 0. The van der Waals surface area contributed by atoms with Crippen molar-refractivity contribution in [2.75, 3.05) is 17.2 Å². The molecule has 0 unspecified atom stereocenters. The van der Waals surface area contributed by atoms with Crippen LogP contribution in [0, 0.1) is 12.7 Å².